The first kappa shape index (κ1) is 31.6. The third-order valence-corrected chi connectivity index (χ3v) is 5.82. The van der Waals surface area contributed by atoms with E-state index in [0.717, 1.165) is 0 Å². The van der Waals surface area contributed by atoms with E-state index >= 15 is 0 Å². The summed E-state index contributed by atoms with van der Waals surface area (Å²) in [5.41, 5.74) is -0.960. The van der Waals surface area contributed by atoms with E-state index < -0.39 is 17.6 Å². The molecule has 2 atom stereocenters. The monoisotopic (exact) mass is 570 g/mol. The molecule has 1 amide bonds. The number of hydrogen-bond donors (Lipinski definition) is 3. The summed E-state index contributed by atoms with van der Waals surface area (Å²) in [6, 6.07) is 5.79. The lowest BCUT2D eigenvalue weighted by Crippen LogP contribution is -2.44. The van der Waals surface area contributed by atoms with Gasteiger partial charge in [-0.1, -0.05) is 29.3 Å². The minimum Gasteiger partial charge on any atom is -0.463 e. The summed E-state index contributed by atoms with van der Waals surface area (Å²) in [6.07, 6.45) is 2.94. The lowest BCUT2D eigenvalue weighted by Gasteiger charge is -2.22. The van der Waals surface area contributed by atoms with Gasteiger partial charge in [0.05, 0.1) is 48.5 Å². The second kappa shape index (κ2) is 15.1. The van der Waals surface area contributed by atoms with E-state index in [1.54, 1.807) is 55.9 Å². The number of hydrogen-bond acceptors (Lipinski definition) is 8. The van der Waals surface area contributed by atoms with Gasteiger partial charge in [-0.05, 0) is 53.2 Å². The van der Waals surface area contributed by atoms with Gasteiger partial charge < -0.3 is 24.6 Å². The number of nitrogens with one attached hydrogen (secondary N) is 2. The number of rotatable bonds is 15. The highest BCUT2D eigenvalue weighted by atomic mass is 35.5. The Morgan fingerprint density at radius 3 is 2.61 bits per heavy atom. The zero-order chi connectivity index (χ0) is 28.3. The van der Waals surface area contributed by atoms with Crippen LogP contribution in [0.4, 0.5) is 5.82 Å². The standard InChI is InChI=1S/C26H36Cl2N4O6/c1-6-36-17(3)13-20(25(34)30-22-11-12-32(31-22)16-26(4,5)35)29-15-18(14-23(33)37-7-2)38-21-10-8-9-19(27)24(21)28/h8-12,14,17,20,29,35H,6-7,13,15-16H2,1-5H3,(H,30,31,34)/b18-14-/t17-,20-/m0/s1. The molecule has 1 heterocycles. The lowest BCUT2D eigenvalue weighted by molar-refractivity contribution is -0.137. The first-order chi connectivity index (χ1) is 17.9. The lowest BCUT2D eigenvalue weighted by atomic mass is 10.1. The number of esters is 1. The molecule has 2 rings (SSSR count). The fourth-order valence-corrected chi connectivity index (χ4v) is 3.78. The van der Waals surface area contributed by atoms with E-state index in [2.05, 4.69) is 15.7 Å². The van der Waals surface area contributed by atoms with E-state index in [-0.39, 0.29) is 48.2 Å². The molecule has 0 spiro atoms. The van der Waals surface area contributed by atoms with Crippen LogP contribution in [0.25, 0.3) is 0 Å². The van der Waals surface area contributed by atoms with E-state index in [4.69, 9.17) is 37.4 Å². The van der Waals surface area contributed by atoms with Crippen molar-refractivity contribution in [2.45, 2.75) is 65.3 Å². The molecule has 0 fully saturated rings. The Balaban J connectivity index is 2.21. The summed E-state index contributed by atoms with van der Waals surface area (Å²) >= 11 is 12.4. The fraction of sp³-hybridized carbons (Fsp3) is 0.500. The van der Waals surface area contributed by atoms with Crippen LogP contribution in [0.3, 0.4) is 0 Å². The van der Waals surface area contributed by atoms with Crippen molar-refractivity contribution in [2.24, 2.45) is 0 Å². The van der Waals surface area contributed by atoms with Crippen LogP contribution in [-0.2, 0) is 25.6 Å². The summed E-state index contributed by atoms with van der Waals surface area (Å²) in [4.78, 5) is 25.4. The van der Waals surface area contributed by atoms with Gasteiger partial charge in [0.2, 0.25) is 5.91 Å². The molecule has 210 valence electrons. The maximum Gasteiger partial charge on any atom is 0.334 e. The van der Waals surface area contributed by atoms with Gasteiger partial charge in [0, 0.05) is 18.9 Å². The second-order valence-corrected chi connectivity index (χ2v) is 9.94. The maximum absolute atomic E-state index is 13.2. The van der Waals surface area contributed by atoms with Crippen molar-refractivity contribution < 1.29 is 28.9 Å². The van der Waals surface area contributed by atoms with Gasteiger partial charge >= 0.3 is 5.97 Å². The van der Waals surface area contributed by atoms with Crippen molar-refractivity contribution in [3.05, 3.63) is 52.3 Å². The largest absolute Gasteiger partial charge is 0.463 e. The minimum absolute atomic E-state index is 0.00820. The number of carbonyl (C=O) groups excluding carboxylic acids is 2. The predicted molar refractivity (Wildman–Crippen MR) is 146 cm³/mol. The van der Waals surface area contributed by atoms with Gasteiger partial charge in [-0.25, -0.2) is 4.79 Å². The smallest absolute Gasteiger partial charge is 0.334 e. The topological polar surface area (TPSA) is 124 Å². The molecule has 3 N–H and O–H groups in total. The van der Waals surface area contributed by atoms with Crippen molar-refractivity contribution >= 4 is 40.9 Å². The van der Waals surface area contributed by atoms with Crippen LogP contribution in [0, 0.1) is 0 Å². The number of benzene rings is 1. The molecule has 38 heavy (non-hydrogen) atoms. The van der Waals surface area contributed by atoms with Crippen LogP contribution in [0.1, 0.15) is 41.0 Å². The van der Waals surface area contributed by atoms with Gasteiger partial charge in [0.15, 0.2) is 5.82 Å². The van der Waals surface area contributed by atoms with Crippen LogP contribution in [0.5, 0.6) is 5.75 Å². The quantitative estimate of drug-likeness (QED) is 0.165. The fourth-order valence-electron chi connectivity index (χ4n) is 3.45. The molecule has 0 radical (unpaired) electrons. The minimum atomic E-state index is -0.960. The molecule has 10 nitrogen and oxygen atoms in total. The van der Waals surface area contributed by atoms with Gasteiger partial charge in [-0.3, -0.25) is 14.8 Å². The van der Waals surface area contributed by atoms with E-state index in [0.29, 0.717) is 23.9 Å². The number of amides is 1. The molecule has 0 aliphatic rings. The van der Waals surface area contributed by atoms with Gasteiger partial charge in [-0.15, -0.1) is 0 Å². The van der Waals surface area contributed by atoms with Crippen LogP contribution < -0.4 is 15.4 Å². The molecular weight excluding hydrogens is 535 g/mol. The van der Waals surface area contributed by atoms with Crippen molar-refractivity contribution in [3.63, 3.8) is 0 Å². The Morgan fingerprint density at radius 2 is 1.95 bits per heavy atom. The van der Waals surface area contributed by atoms with Crippen molar-refractivity contribution in [3.8, 4) is 5.75 Å². The van der Waals surface area contributed by atoms with Crippen molar-refractivity contribution in [2.75, 3.05) is 25.1 Å². The Hall–Kier alpha value is -2.63. The molecule has 1 aromatic carbocycles. The third-order valence-electron chi connectivity index (χ3n) is 5.02. The second-order valence-electron chi connectivity index (χ2n) is 9.15. The summed E-state index contributed by atoms with van der Waals surface area (Å²) in [5.74, 6) is -0.217. The summed E-state index contributed by atoms with van der Waals surface area (Å²) in [6.45, 7) is 9.69. The van der Waals surface area contributed by atoms with Gasteiger partial charge in [-0.2, -0.15) is 5.10 Å². The number of carbonyl (C=O) groups is 2. The van der Waals surface area contributed by atoms with Gasteiger partial charge in [0.1, 0.15) is 16.5 Å². The summed E-state index contributed by atoms with van der Waals surface area (Å²) < 4.78 is 18.1. The van der Waals surface area contributed by atoms with E-state index in [9.17, 15) is 14.7 Å². The van der Waals surface area contributed by atoms with Crippen LogP contribution in [0.15, 0.2) is 42.3 Å². The Kier molecular flexibility index (Phi) is 12.5. The summed E-state index contributed by atoms with van der Waals surface area (Å²) in [5, 5.41) is 20.7. The average Bonchev–Trinajstić information content (AvgIpc) is 3.24. The van der Waals surface area contributed by atoms with Crippen molar-refractivity contribution in [1.82, 2.24) is 15.1 Å². The van der Waals surface area contributed by atoms with Crippen LogP contribution >= 0.6 is 23.2 Å². The molecule has 0 saturated carbocycles. The first-order valence-electron chi connectivity index (χ1n) is 12.3. The molecular formula is C26H36Cl2N4O6. The molecule has 0 bridgehead atoms. The van der Waals surface area contributed by atoms with Gasteiger partial charge in [0.25, 0.3) is 0 Å². The van der Waals surface area contributed by atoms with E-state index in [1.165, 1.54) is 6.08 Å². The van der Waals surface area contributed by atoms with E-state index in [1.807, 2.05) is 13.8 Å². The number of halogens is 2. The number of aromatic nitrogens is 2. The number of aliphatic hydroxyl groups is 1. The molecule has 0 aliphatic heterocycles. The molecule has 2 aromatic rings. The molecule has 1 aromatic heterocycles. The molecule has 0 aliphatic carbocycles. The van der Waals surface area contributed by atoms with Crippen LogP contribution in [-0.4, -0.2) is 64.3 Å². The Bertz CT molecular complexity index is 1100. The van der Waals surface area contributed by atoms with Crippen LogP contribution in [0.2, 0.25) is 10.0 Å². The zero-order valence-corrected chi connectivity index (χ0v) is 23.8. The average molecular weight is 572 g/mol. The molecule has 0 unspecified atom stereocenters. The normalized spacial score (nSPS) is 13.6. The maximum atomic E-state index is 13.2. The number of anilines is 1. The first-order valence-corrected chi connectivity index (χ1v) is 13.1. The Labute approximate surface area is 233 Å². The molecule has 0 saturated heterocycles. The zero-order valence-electron chi connectivity index (χ0n) is 22.3. The molecule has 12 heteroatoms. The highest BCUT2D eigenvalue weighted by molar-refractivity contribution is 6.42. The highest BCUT2D eigenvalue weighted by Gasteiger charge is 2.24. The number of ether oxygens (including phenoxy) is 3. The Morgan fingerprint density at radius 1 is 1.21 bits per heavy atom. The number of nitrogens with zero attached hydrogens (tertiary/aromatic N) is 2. The third kappa shape index (κ3) is 11.0. The predicted octanol–water partition coefficient (Wildman–Crippen LogP) is 4.20. The SMILES string of the molecule is CCOC(=O)/C=C(/CN[C@@H](C[C@H](C)OCC)C(=O)Nc1ccn(CC(C)(C)O)n1)Oc1cccc(Cl)c1Cl. The van der Waals surface area contributed by atoms with Crippen molar-refractivity contribution in [1.29, 1.82) is 0 Å². The highest BCUT2D eigenvalue weighted by Crippen LogP contribution is 2.32. The summed E-state index contributed by atoms with van der Waals surface area (Å²) in [7, 11) is 0.